The van der Waals surface area contributed by atoms with Gasteiger partial charge < -0.3 is 10.6 Å². The van der Waals surface area contributed by atoms with Gasteiger partial charge in [0, 0.05) is 18.5 Å². The Morgan fingerprint density at radius 1 is 1.50 bits per heavy atom. The first-order valence-electron chi connectivity index (χ1n) is 5.38. The molecule has 0 saturated carbocycles. The van der Waals surface area contributed by atoms with E-state index in [0.717, 1.165) is 36.4 Å². The minimum Gasteiger partial charge on any atom is -0.339 e. The van der Waals surface area contributed by atoms with Crippen LogP contribution in [0.1, 0.15) is 28.1 Å². The van der Waals surface area contributed by atoms with Gasteiger partial charge in [-0.2, -0.15) is 0 Å². The number of nitrogens with two attached hydrogens (primary N) is 1. The highest BCUT2D eigenvalue weighted by Crippen LogP contribution is 2.18. The lowest BCUT2D eigenvalue weighted by atomic mass is 10.2. The maximum absolute atomic E-state index is 12.0. The lowest BCUT2D eigenvalue weighted by molar-refractivity contribution is 0.0793. The van der Waals surface area contributed by atoms with Gasteiger partial charge in [-0.15, -0.1) is 11.3 Å². The lowest BCUT2D eigenvalue weighted by Gasteiger charge is -2.13. The Morgan fingerprint density at radius 2 is 2.25 bits per heavy atom. The molecule has 0 bridgehead atoms. The summed E-state index contributed by atoms with van der Waals surface area (Å²) in [6.07, 6.45) is 2.24. The van der Waals surface area contributed by atoms with E-state index < -0.39 is 0 Å². The highest BCUT2D eigenvalue weighted by molar-refractivity contribution is 7.10. The van der Waals surface area contributed by atoms with Crippen LogP contribution in [0.3, 0.4) is 0 Å². The highest BCUT2D eigenvalue weighted by atomic mass is 32.1. The molecule has 0 atom stereocenters. The maximum atomic E-state index is 12.0. The molecule has 2 N–H and O–H groups in total. The van der Waals surface area contributed by atoms with E-state index in [2.05, 4.69) is 11.8 Å². The first kappa shape index (κ1) is 11.2. The van der Waals surface area contributed by atoms with Crippen molar-refractivity contribution in [3.05, 3.63) is 21.9 Å². The van der Waals surface area contributed by atoms with Gasteiger partial charge in [0.1, 0.15) is 0 Å². The standard InChI is InChI=1S/C12H14N2OS/c13-5-3-4-11-8-10(9-16-11)12(15)14-6-1-2-7-14/h8-9H,1-2,5-7,13H2. The summed E-state index contributed by atoms with van der Waals surface area (Å²) >= 11 is 1.50. The first-order valence-corrected chi connectivity index (χ1v) is 6.26. The number of amides is 1. The SMILES string of the molecule is NCC#Cc1cc(C(=O)N2CCCC2)cs1. The molecular weight excluding hydrogens is 220 g/mol. The molecule has 16 heavy (non-hydrogen) atoms. The smallest absolute Gasteiger partial charge is 0.254 e. The van der Waals surface area contributed by atoms with Crippen molar-refractivity contribution in [3.63, 3.8) is 0 Å². The number of nitrogens with zero attached hydrogens (tertiary/aromatic N) is 1. The Bertz CT molecular complexity index is 435. The summed E-state index contributed by atoms with van der Waals surface area (Å²) in [6, 6.07) is 1.86. The normalized spacial score (nSPS) is 14.7. The predicted octanol–water partition coefficient (Wildman–Crippen LogP) is 1.29. The zero-order valence-corrected chi connectivity index (χ0v) is 9.85. The van der Waals surface area contributed by atoms with Gasteiger partial charge in [-0.1, -0.05) is 11.8 Å². The molecule has 2 heterocycles. The van der Waals surface area contributed by atoms with Crippen LogP contribution in [0, 0.1) is 11.8 Å². The van der Waals surface area contributed by atoms with Crippen LogP contribution in [0.2, 0.25) is 0 Å². The summed E-state index contributed by atoms with van der Waals surface area (Å²) in [4.78, 5) is 14.8. The molecule has 0 aliphatic carbocycles. The zero-order valence-electron chi connectivity index (χ0n) is 9.03. The van der Waals surface area contributed by atoms with Gasteiger partial charge in [0.15, 0.2) is 0 Å². The lowest BCUT2D eigenvalue weighted by Crippen LogP contribution is -2.27. The van der Waals surface area contributed by atoms with E-state index in [9.17, 15) is 4.79 Å². The van der Waals surface area contributed by atoms with Crippen LogP contribution in [0.25, 0.3) is 0 Å². The summed E-state index contributed by atoms with van der Waals surface area (Å²) in [5.74, 6) is 5.87. The molecule has 3 nitrogen and oxygen atoms in total. The number of likely N-dealkylation sites (tertiary alicyclic amines) is 1. The van der Waals surface area contributed by atoms with Gasteiger partial charge in [0.05, 0.1) is 17.0 Å². The minimum atomic E-state index is 0.134. The van der Waals surface area contributed by atoms with Gasteiger partial charge in [0.25, 0.3) is 5.91 Å². The Labute approximate surface area is 99.2 Å². The van der Waals surface area contributed by atoms with Crippen LogP contribution in [0.15, 0.2) is 11.4 Å². The van der Waals surface area contributed by atoms with E-state index >= 15 is 0 Å². The second-order valence-corrected chi connectivity index (χ2v) is 4.62. The summed E-state index contributed by atoms with van der Waals surface area (Å²) in [6.45, 7) is 2.13. The molecule has 0 unspecified atom stereocenters. The van der Waals surface area contributed by atoms with Crippen molar-refractivity contribution in [2.75, 3.05) is 19.6 Å². The van der Waals surface area contributed by atoms with Gasteiger partial charge >= 0.3 is 0 Å². The third kappa shape index (κ3) is 2.43. The largest absolute Gasteiger partial charge is 0.339 e. The molecule has 0 radical (unpaired) electrons. The second-order valence-electron chi connectivity index (χ2n) is 3.70. The van der Waals surface area contributed by atoms with Gasteiger partial charge in [0.2, 0.25) is 0 Å². The third-order valence-corrected chi connectivity index (χ3v) is 3.40. The number of carbonyl (C=O) groups is 1. The average Bonchev–Trinajstić information content (AvgIpc) is 2.96. The molecule has 1 aromatic rings. The molecule has 1 fully saturated rings. The Balaban J connectivity index is 2.08. The fourth-order valence-electron chi connectivity index (χ4n) is 1.75. The van der Waals surface area contributed by atoms with Gasteiger partial charge in [-0.25, -0.2) is 0 Å². The number of hydrogen-bond donors (Lipinski definition) is 1. The van der Waals surface area contributed by atoms with Crippen molar-refractivity contribution >= 4 is 17.2 Å². The molecule has 1 saturated heterocycles. The van der Waals surface area contributed by atoms with E-state index in [1.807, 2.05) is 16.3 Å². The van der Waals surface area contributed by atoms with Crippen LogP contribution in [-0.2, 0) is 0 Å². The van der Waals surface area contributed by atoms with Crippen LogP contribution in [-0.4, -0.2) is 30.4 Å². The quantitative estimate of drug-likeness (QED) is 0.744. The van der Waals surface area contributed by atoms with E-state index in [-0.39, 0.29) is 5.91 Å². The summed E-state index contributed by atoms with van der Waals surface area (Å²) in [5, 5.41) is 1.88. The number of hydrogen-bond acceptors (Lipinski definition) is 3. The third-order valence-electron chi connectivity index (χ3n) is 2.55. The fraction of sp³-hybridized carbons (Fsp3) is 0.417. The molecule has 1 aliphatic heterocycles. The zero-order chi connectivity index (χ0) is 11.4. The minimum absolute atomic E-state index is 0.134. The van der Waals surface area contributed by atoms with Crippen molar-refractivity contribution in [2.45, 2.75) is 12.8 Å². The molecular formula is C12H14N2OS. The highest BCUT2D eigenvalue weighted by Gasteiger charge is 2.20. The maximum Gasteiger partial charge on any atom is 0.254 e. The van der Waals surface area contributed by atoms with Gasteiger partial charge in [-0.05, 0) is 18.9 Å². The number of carbonyl (C=O) groups excluding carboxylic acids is 1. The summed E-state index contributed by atoms with van der Waals surface area (Å²) in [7, 11) is 0. The fourth-order valence-corrected chi connectivity index (χ4v) is 2.50. The van der Waals surface area contributed by atoms with Crippen LogP contribution >= 0.6 is 11.3 Å². The average molecular weight is 234 g/mol. The summed E-state index contributed by atoms with van der Waals surface area (Å²) in [5.41, 5.74) is 6.06. The van der Waals surface area contributed by atoms with E-state index in [1.54, 1.807) is 0 Å². The molecule has 1 aromatic heterocycles. The van der Waals surface area contributed by atoms with Crippen LogP contribution < -0.4 is 5.73 Å². The van der Waals surface area contributed by atoms with E-state index in [4.69, 9.17) is 5.73 Å². The molecule has 1 amide bonds. The Kier molecular flexibility index (Phi) is 3.60. The Hall–Kier alpha value is -1.31. The molecule has 2 rings (SSSR count). The molecule has 84 valence electrons. The van der Waals surface area contributed by atoms with Crippen molar-refractivity contribution in [1.82, 2.24) is 4.90 Å². The van der Waals surface area contributed by atoms with Gasteiger partial charge in [-0.3, -0.25) is 4.79 Å². The van der Waals surface area contributed by atoms with Crippen LogP contribution in [0.5, 0.6) is 0 Å². The number of thiophene rings is 1. The monoisotopic (exact) mass is 234 g/mol. The van der Waals surface area contributed by atoms with Crippen molar-refractivity contribution in [1.29, 1.82) is 0 Å². The van der Waals surface area contributed by atoms with E-state index in [0.29, 0.717) is 6.54 Å². The van der Waals surface area contributed by atoms with Crippen LogP contribution in [0.4, 0.5) is 0 Å². The topological polar surface area (TPSA) is 46.3 Å². The summed E-state index contributed by atoms with van der Waals surface area (Å²) < 4.78 is 0. The molecule has 0 spiro atoms. The molecule has 4 heteroatoms. The number of rotatable bonds is 1. The first-order chi connectivity index (χ1) is 7.81. The van der Waals surface area contributed by atoms with Crippen molar-refractivity contribution in [2.24, 2.45) is 5.73 Å². The van der Waals surface area contributed by atoms with Crippen molar-refractivity contribution < 1.29 is 4.79 Å². The Morgan fingerprint density at radius 3 is 2.94 bits per heavy atom. The predicted molar refractivity (Wildman–Crippen MR) is 65.4 cm³/mol. The van der Waals surface area contributed by atoms with Crippen molar-refractivity contribution in [3.8, 4) is 11.8 Å². The second kappa shape index (κ2) is 5.15. The van der Waals surface area contributed by atoms with E-state index in [1.165, 1.54) is 11.3 Å². The molecule has 0 aromatic carbocycles. The molecule has 1 aliphatic rings.